The zero-order chi connectivity index (χ0) is 11.0. The standard InChI is InChI=1S/C11H21BrO2/c1-4-7-8-9(5-2)14-11(13)10(12)6-3/h9-10H,4-8H2,1-3H3/t9-,10-/m1/s1. The van der Waals surface area contributed by atoms with E-state index in [1.807, 2.05) is 6.92 Å². The number of carbonyl (C=O) groups excluding carboxylic acids is 1. The lowest BCUT2D eigenvalue weighted by atomic mass is 10.1. The summed E-state index contributed by atoms with van der Waals surface area (Å²) >= 11 is 3.29. The average Bonchev–Trinajstić information content (AvgIpc) is 2.22. The number of halogens is 1. The van der Waals surface area contributed by atoms with Gasteiger partial charge in [0.05, 0.1) is 0 Å². The van der Waals surface area contributed by atoms with E-state index in [0.29, 0.717) is 0 Å². The molecule has 0 saturated carbocycles. The molecular formula is C11H21BrO2. The molecule has 0 aromatic heterocycles. The summed E-state index contributed by atoms with van der Waals surface area (Å²) < 4.78 is 5.37. The van der Waals surface area contributed by atoms with Crippen molar-refractivity contribution in [2.75, 3.05) is 0 Å². The number of alkyl halides is 1. The van der Waals surface area contributed by atoms with Crippen LogP contribution in [0.3, 0.4) is 0 Å². The van der Waals surface area contributed by atoms with Crippen LogP contribution in [0.4, 0.5) is 0 Å². The number of hydrogen-bond acceptors (Lipinski definition) is 2. The molecule has 0 amide bonds. The lowest BCUT2D eigenvalue weighted by Crippen LogP contribution is -2.23. The molecule has 0 radical (unpaired) electrons. The lowest BCUT2D eigenvalue weighted by Gasteiger charge is -2.17. The Morgan fingerprint density at radius 2 is 1.93 bits per heavy atom. The molecule has 14 heavy (non-hydrogen) atoms. The van der Waals surface area contributed by atoms with Crippen LogP contribution < -0.4 is 0 Å². The molecular weight excluding hydrogens is 244 g/mol. The normalized spacial score (nSPS) is 14.9. The zero-order valence-corrected chi connectivity index (χ0v) is 11.0. The summed E-state index contributed by atoms with van der Waals surface area (Å²) in [5.74, 6) is -0.115. The number of esters is 1. The second-order valence-corrected chi connectivity index (χ2v) is 4.59. The third-order valence-corrected chi connectivity index (χ3v) is 3.25. The monoisotopic (exact) mass is 264 g/mol. The molecule has 2 nitrogen and oxygen atoms in total. The Morgan fingerprint density at radius 3 is 2.36 bits per heavy atom. The van der Waals surface area contributed by atoms with Gasteiger partial charge in [-0.2, -0.15) is 0 Å². The molecule has 0 heterocycles. The van der Waals surface area contributed by atoms with Gasteiger partial charge >= 0.3 is 5.97 Å². The molecule has 0 fully saturated rings. The van der Waals surface area contributed by atoms with E-state index in [1.54, 1.807) is 0 Å². The summed E-state index contributed by atoms with van der Waals surface area (Å²) in [6.45, 7) is 6.17. The van der Waals surface area contributed by atoms with Gasteiger partial charge < -0.3 is 4.74 Å². The van der Waals surface area contributed by atoms with E-state index in [1.165, 1.54) is 0 Å². The Morgan fingerprint density at radius 1 is 1.29 bits per heavy atom. The Hall–Kier alpha value is -0.0500. The highest BCUT2D eigenvalue weighted by Crippen LogP contribution is 2.13. The van der Waals surface area contributed by atoms with Crippen molar-refractivity contribution in [1.29, 1.82) is 0 Å². The first-order valence-electron chi connectivity index (χ1n) is 5.50. The van der Waals surface area contributed by atoms with E-state index >= 15 is 0 Å². The first-order chi connectivity index (χ1) is 6.65. The zero-order valence-electron chi connectivity index (χ0n) is 9.38. The van der Waals surface area contributed by atoms with Crippen LogP contribution >= 0.6 is 15.9 Å². The van der Waals surface area contributed by atoms with E-state index in [0.717, 1.165) is 32.1 Å². The number of hydrogen-bond donors (Lipinski definition) is 0. The fourth-order valence-electron chi connectivity index (χ4n) is 1.18. The van der Waals surface area contributed by atoms with E-state index in [2.05, 4.69) is 29.8 Å². The molecule has 0 N–H and O–H groups in total. The molecule has 0 aliphatic rings. The molecule has 0 aliphatic heterocycles. The fourth-order valence-corrected chi connectivity index (χ4v) is 1.29. The Labute approximate surface area is 95.5 Å². The van der Waals surface area contributed by atoms with Crippen LogP contribution in [0.5, 0.6) is 0 Å². The van der Waals surface area contributed by atoms with Crippen molar-refractivity contribution in [2.45, 2.75) is 63.8 Å². The Bertz CT molecular complexity index is 159. The summed E-state index contributed by atoms with van der Waals surface area (Å²) in [4.78, 5) is 11.3. The second-order valence-electron chi connectivity index (χ2n) is 3.49. The van der Waals surface area contributed by atoms with Crippen molar-refractivity contribution in [3.8, 4) is 0 Å². The largest absolute Gasteiger partial charge is 0.462 e. The van der Waals surface area contributed by atoms with Crippen molar-refractivity contribution in [3.63, 3.8) is 0 Å². The second kappa shape index (κ2) is 8.27. The minimum atomic E-state index is -0.141. The molecule has 3 heteroatoms. The predicted molar refractivity (Wildman–Crippen MR) is 62.7 cm³/mol. The highest BCUT2D eigenvalue weighted by atomic mass is 79.9. The topological polar surface area (TPSA) is 26.3 Å². The summed E-state index contributed by atoms with van der Waals surface area (Å²) in [6.07, 6.45) is 5.07. The minimum Gasteiger partial charge on any atom is -0.462 e. The van der Waals surface area contributed by atoms with Crippen LogP contribution in [-0.2, 0) is 9.53 Å². The van der Waals surface area contributed by atoms with Crippen molar-refractivity contribution < 1.29 is 9.53 Å². The maximum Gasteiger partial charge on any atom is 0.319 e. The third kappa shape index (κ3) is 5.63. The summed E-state index contributed by atoms with van der Waals surface area (Å²) in [5, 5.41) is 0. The van der Waals surface area contributed by atoms with Gasteiger partial charge in [0.2, 0.25) is 0 Å². The van der Waals surface area contributed by atoms with Gasteiger partial charge in [-0.15, -0.1) is 0 Å². The van der Waals surface area contributed by atoms with Gasteiger partial charge in [0.15, 0.2) is 0 Å². The minimum absolute atomic E-state index is 0.106. The SMILES string of the molecule is CCCC[C@@H](CC)OC(=O)[C@H](Br)CC. The number of ether oxygens (including phenoxy) is 1. The molecule has 0 bridgehead atoms. The molecule has 84 valence electrons. The van der Waals surface area contributed by atoms with Crippen molar-refractivity contribution in [1.82, 2.24) is 0 Å². The van der Waals surface area contributed by atoms with E-state index in [-0.39, 0.29) is 16.9 Å². The molecule has 0 rings (SSSR count). The van der Waals surface area contributed by atoms with Gasteiger partial charge in [-0.1, -0.05) is 49.5 Å². The number of rotatable bonds is 7. The van der Waals surface area contributed by atoms with Crippen molar-refractivity contribution >= 4 is 21.9 Å². The van der Waals surface area contributed by atoms with Crippen molar-refractivity contribution in [2.24, 2.45) is 0 Å². The van der Waals surface area contributed by atoms with Crippen LogP contribution in [-0.4, -0.2) is 16.9 Å². The quantitative estimate of drug-likeness (QED) is 0.518. The molecule has 0 aliphatic carbocycles. The van der Waals surface area contributed by atoms with Gasteiger partial charge in [0.25, 0.3) is 0 Å². The van der Waals surface area contributed by atoms with Gasteiger partial charge in [0, 0.05) is 0 Å². The van der Waals surface area contributed by atoms with Gasteiger partial charge in [0.1, 0.15) is 10.9 Å². The Kier molecular flexibility index (Phi) is 8.24. The van der Waals surface area contributed by atoms with E-state index < -0.39 is 0 Å². The van der Waals surface area contributed by atoms with Crippen LogP contribution in [0.2, 0.25) is 0 Å². The number of unbranched alkanes of at least 4 members (excludes halogenated alkanes) is 1. The van der Waals surface area contributed by atoms with Crippen LogP contribution in [0.1, 0.15) is 52.9 Å². The van der Waals surface area contributed by atoms with E-state index in [9.17, 15) is 4.79 Å². The summed E-state index contributed by atoms with van der Waals surface area (Å²) in [7, 11) is 0. The van der Waals surface area contributed by atoms with Gasteiger partial charge in [-0.25, -0.2) is 0 Å². The highest BCUT2D eigenvalue weighted by molar-refractivity contribution is 9.10. The van der Waals surface area contributed by atoms with Crippen LogP contribution in [0.25, 0.3) is 0 Å². The molecule has 0 aromatic carbocycles. The van der Waals surface area contributed by atoms with Gasteiger partial charge in [-0.05, 0) is 19.3 Å². The molecule has 0 unspecified atom stereocenters. The fraction of sp³-hybridized carbons (Fsp3) is 0.909. The van der Waals surface area contributed by atoms with Crippen molar-refractivity contribution in [3.05, 3.63) is 0 Å². The van der Waals surface area contributed by atoms with E-state index in [4.69, 9.17) is 4.74 Å². The summed E-state index contributed by atoms with van der Waals surface area (Å²) in [5.41, 5.74) is 0. The van der Waals surface area contributed by atoms with Gasteiger partial charge in [-0.3, -0.25) is 4.79 Å². The smallest absolute Gasteiger partial charge is 0.319 e. The molecule has 0 saturated heterocycles. The van der Waals surface area contributed by atoms with Crippen LogP contribution in [0, 0.1) is 0 Å². The number of carbonyl (C=O) groups is 1. The predicted octanol–water partition coefficient (Wildman–Crippen LogP) is 3.67. The average molecular weight is 265 g/mol. The first-order valence-corrected chi connectivity index (χ1v) is 6.41. The first kappa shape index (κ1) is 13.9. The molecule has 2 atom stereocenters. The summed E-state index contributed by atoms with van der Waals surface area (Å²) in [6, 6.07) is 0. The maximum absolute atomic E-state index is 11.4. The third-order valence-electron chi connectivity index (χ3n) is 2.23. The molecule has 0 spiro atoms. The Balaban J connectivity index is 3.85. The highest BCUT2D eigenvalue weighted by Gasteiger charge is 2.18. The maximum atomic E-state index is 11.4. The molecule has 0 aromatic rings. The lowest BCUT2D eigenvalue weighted by molar-refractivity contribution is -0.148. The van der Waals surface area contributed by atoms with Crippen LogP contribution in [0.15, 0.2) is 0 Å².